The zero-order valence-corrected chi connectivity index (χ0v) is 14.8. The van der Waals surface area contributed by atoms with Gasteiger partial charge in [-0.2, -0.15) is 0 Å². The minimum atomic E-state index is -4.73. The van der Waals surface area contributed by atoms with Crippen molar-refractivity contribution in [1.82, 2.24) is 4.90 Å². The van der Waals surface area contributed by atoms with Gasteiger partial charge in [-0.3, -0.25) is 0 Å². The van der Waals surface area contributed by atoms with E-state index in [-0.39, 0.29) is 11.5 Å². The lowest BCUT2D eigenvalue weighted by molar-refractivity contribution is -0.275. The first-order valence-corrected chi connectivity index (χ1v) is 8.57. The Hall–Kier alpha value is -1.69. The minimum Gasteiger partial charge on any atom is -0.493 e. The second kappa shape index (κ2) is 6.90. The molecule has 0 aromatic heterocycles. The van der Waals surface area contributed by atoms with E-state index in [1.54, 1.807) is 12.1 Å². The summed E-state index contributed by atoms with van der Waals surface area (Å²) in [5.41, 5.74) is 2.15. The summed E-state index contributed by atoms with van der Waals surface area (Å²) in [6, 6.07) is 4.73. The van der Waals surface area contributed by atoms with Gasteiger partial charge in [-0.25, -0.2) is 0 Å². The zero-order chi connectivity index (χ0) is 18.2. The third-order valence-corrected chi connectivity index (χ3v) is 5.18. The number of ether oxygens (including phenoxy) is 2. The lowest BCUT2D eigenvalue weighted by Crippen LogP contribution is -2.29. The van der Waals surface area contributed by atoms with Crippen LogP contribution in [0.3, 0.4) is 0 Å². The molecule has 1 saturated carbocycles. The van der Waals surface area contributed by atoms with Gasteiger partial charge in [-0.05, 0) is 74.4 Å². The van der Waals surface area contributed by atoms with Gasteiger partial charge in [0.2, 0.25) is 0 Å². The van der Waals surface area contributed by atoms with Gasteiger partial charge in [-0.1, -0.05) is 12.1 Å². The Morgan fingerprint density at radius 1 is 1.16 bits per heavy atom. The van der Waals surface area contributed by atoms with Crippen LogP contribution in [0.15, 0.2) is 24.3 Å². The molecule has 1 aromatic carbocycles. The summed E-state index contributed by atoms with van der Waals surface area (Å²) in [5.74, 6) is 1.42. The normalized spacial score (nSPS) is 25.9. The Morgan fingerprint density at radius 3 is 2.56 bits per heavy atom. The number of rotatable bonds is 5. The van der Waals surface area contributed by atoms with Crippen LogP contribution in [0.25, 0.3) is 5.57 Å². The molecule has 0 heterocycles. The maximum atomic E-state index is 12.5. The molecule has 3 rings (SSSR count). The maximum Gasteiger partial charge on any atom is 0.573 e. The maximum absolute atomic E-state index is 12.5. The summed E-state index contributed by atoms with van der Waals surface area (Å²) >= 11 is 0. The molecule has 0 spiro atoms. The quantitative estimate of drug-likeness (QED) is 0.771. The highest BCUT2D eigenvalue weighted by Crippen LogP contribution is 2.49. The fraction of sp³-hybridized carbons (Fsp3) is 0.579. The van der Waals surface area contributed by atoms with E-state index in [1.165, 1.54) is 38.0 Å². The predicted octanol–water partition coefficient (Wildman–Crippen LogP) is 4.58. The molecular weight excluding hydrogens is 331 g/mol. The number of alkyl halides is 3. The van der Waals surface area contributed by atoms with Crippen LogP contribution in [0.1, 0.15) is 24.8 Å². The molecule has 3 nitrogen and oxygen atoms in total. The van der Waals surface area contributed by atoms with Gasteiger partial charge in [0.15, 0.2) is 11.5 Å². The average Bonchev–Trinajstić information content (AvgIpc) is 2.91. The molecule has 3 atom stereocenters. The Labute approximate surface area is 146 Å². The van der Waals surface area contributed by atoms with Crippen molar-refractivity contribution >= 4 is 5.57 Å². The lowest BCUT2D eigenvalue weighted by Gasteiger charge is -2.33. The van der Waals surface area contributed by atoms with Crippen molar-refractivity contribution in [3.63, 3.8) is 0 Å². The van der Waals surface area contributed by atoms with E-state index in [4.69, 9.17) is 4.74 Å². The molecule has 2 aliphatic carbocycles. The average molecular weight is 355 g/mol. The van der Waals surface area contributed by atoms with E-state index in [2.05, 4.69) is 29.8 Å². The number of halogens is 3. The molecule has 1 fully saturated rings. The van der Waals surface area contributed by atoms with E-state index in [0.29, 0.717) is 17.8 Å². The van der Waals surface area contributed by atoms with Gasteiger partial charge in [0.25, 0.3) is 0 Å². The van der Waals surface area contributed by atoms with E-state index in [0.717, 1.165) is 12.1 Å². The highest BCUT2D eigenvalue weighted by atomic mass is 19.4. The van der Waals surface area contributed by atoms with Gasteiger partial charge in [0.1, 0.15) is 0 Å². The molecule has 0 radical (unpaired) electrons. The van der Waals surface area contributed by atoms with Crippen LogP contribution < -0.4 is 9.47 Å². The highest BCUT2D eigenvalue weighted by Gasteiger charge is 2.38. The largest absolute Gasteiger partial charge is 0.573 e. The Kier molecular flexibility index (Phi) is 5.00. The van der Waals surface area contributed by atoms with Crippen molar-refractivity contribution in [2.75, 3.05) is 27.7 Å². The second-order valence-corrected chi connectivity index (χ2v) is 7.24. The topological polar surface area (TPSA) is 21.7 Å². The monoisotopic (exact) mass is 355 g/mol. The van der Waals surface area contributed by atoms with E-state index >= 15 is 0 Å². The first-order chi connectivity index (χ1) is 11.8. The highest BCUT2D eigenvalue weighted by molar-refractivity contribution is 5.71. The zero-order valence-electron chi connectivity index (χ0n) is 14.8. The Bertz CT molecular complexity index is 655. The molecule has 1 aromatic rings. The molecular formula is C19H24F3NO2. The van der Waals surface area contributed by atoms with Gasteiger partial charge >= 0.3 is 6.36 Å². The van der Waals surface area contributed by atoms with Crippen LogP contribution in [0, 0.1) is 17.8 Å². The third-order valence-electron chi connectivity index (χ3n) is 5.18. The molecule has 0 amide bonds. The fourth-order valence-corrected chi connectivity index (χ4v) is 4.21. The minimum absolute atomic E-state index is 0.109. The number of benzene rings is 1. The molecule has 0 saturated heterocycles. The van der Waals surface area contributed by atoms with Crippen molar-refractivity contribution in [3.05, 3.63) is 29.8 Å². The van der Waals surface area contributed by atoms with Crippen LogP contribution in [-0.2, 0) is 0 Å². The van der Waals surface area contributed by atoms with Gasteiger partial charge in [-0.15, -0.1) is 13.2 Å². The number of allylic oxidation sites excluding steroid dienone is 1. The van der Waals surface area contributed by atoms with Crippen molar-refractivity contribution < 1.29 is 22.6 Å². The second-order valence-electron chi connectivity index (χ2n) is 7.24. The van der Waals surface area contributed by atoms with E-state index < -0.39 is 6.36 Å². The van der Waals surface area contributed by atoms with Crippen LogP contribution in [-0.4, -0.2) is 39.0 Å². The summed E-state index contributed by atoms with van der Waals surface area (Å²) in [5, 5.41) is 0. The summed E-state index contributed by atoms with van der Waals surface area (Å²) in [6.07, 6.45) is 1.22. The molecule has 0 N–H and O–H groups in total. The molecule has 2 bridgehead atoms. The smallest absolute Gasteiger partial charge is 0.493 e. The number of hydrogen-bond acceptors (Lipinski definition) is 3. The van der Waals surface area contributed by atoms with Crippen LogP contribution in [0.4, 0.5) is 13.2 Å². The molecule has 2 aliphatic rings. The molecule has 25 heavy (non-hydrogen) atoms. The van der Waals surface area contributed by atoms with Crippen LogP contribution in [0.5, 0.6) is 11.5 Å². The summed E-state index contributed by atoms with van der Waals surface area (Å²) in [6.45, 7) is 0.937. The number of hydrogen-bond donors (Lipinski definition) is 0. The van der Waals surface area contributed by atoms with Crippen molar-refractivity contribution in [3.8, 4) is 11.5 Å². The Morgan fingerprint density at radius 2 is 1.92 bits per heavy atom. The number of methoxy groups -OCH3 is 1. The lowest BCUT2D eigenvalue weighted by atomic mass is 9.76. The van der Waals surface area contributed by atoms with Gasteiger partial charge < -0.3 is 14.4 Å². The predicted molar refractivity (Wildman–Crippen MR) is 90.5 cm³/mol. The summed E-state index contributed by atoms with van der Waals surface area (Å²) < 4.78 is 46.8. The molecule has 3 unspecified atom stereocenters. The first-order valence-electron chi connectivity index (χ1n) is 8.57. The molecule has 138 valence electrons. The summed E-state index contributed by atoms with van der Waals surface area (Å²) in [4.78, 5) is 2.18. The van der Waals surface area contributed by atoms with E-state index in [9.17, 15) is 13.2 Å². The Balaban J connectivity index is 1.94. The SMILES string of the molecule is COc1cc(C2=CC3CCC(C3)C2CN(C)C)ccc1OC(F)(F)F. The summed E-state index contributed by atoms with van der Waals surface area (Å²) in [7, 11) is 5.47. The van der Waals surface area contributed by atoms with Crippen molar-refractivity contribution in [1.29, 1.82) is 0 Å². The van der Waals surface area contributed by atoms with Gasteiger partial charge in [0, 0.05) is 6.54 Å². The van der Waals surface area contributed by atoms with Crippen molar-refractivity contribution in [2.45, 2.75) is 25.6 Å². The first kappa shape index (κ1) is 18.1. The number of nitrogens with zero attached hydrogens (tertiary/aromatic N) is 1. The fourth-order valence-electron chi connectivity index (χ4n) is 4.21. The van der Waals surface area contributed by atoms with Crippen LogP contribution >= 0.6 is 0 Å². The van der Waals surface area contributed by atoms with Crippen LogP contribution in [0.2, 0.25) is 0 Å². The van der Waals surface area contributed by atoms with E-state index in [1.807, 2.05) is 0 Å². The van der Waals surface area contributed by atoms with Crippen molar-refractivity contribution in [2.24, 2.45) is 17.8 Å². The van der Waals surface area contributed by atoms with Gasteiger partial charge in [0.05, 0.1) is 7.11 Å². The number of fused-ring (bicyclic) bond motifs is 2. The molecule has 0 aliphatic heterocycles. The third kappa shape index (κ3) is 4.11. The molecule has 6 heteroatoms. The standard InChI is InChI=1S/C19H24F3NO2/c1-23(2)11-16-13-5-4-12(8-13)9-15(16)14-6-7-17(18(10-14)24-3)25-19(20,21)22/h6-7,9-10,12-13,16H,4-5,8,11H2,1-3H3.